The number of ether oxygens (including phenoxy) is 1. The molecule has 32 heavy (non-hydrogen) atoms. The predicted octanol–water partition coefficient (Wildman–Crippen LogP) is 4.53. The first kappa shape index (κ1) is 21.8. The van der Waals surface area contributed by atoms with E-state index >= 15 is 0 Å². The van der Waals surface area contributed by atoms with Gasteiger partial charge in [-0.05, 0) is 99.5 Å². The number of phenolic OH excluding ortho intramolecular Hbond substituents is 1. The highest BCUT2D eigenvalue weighted by Crippen LogP contribution is 2.66. The molecule has 1 unspecified atom stereocenters. The zero-order valence-corrected chi connectivity index (χ0v) is 19.7. The van der Waals surface area contributed by atoms with Gasteiger partial charge in [-0.3, -0.25) is 4.79 Å². The van der Waals surface area contributed by atoms with Gasteiger partial charge < -0.3 is 20.3 Å². The molecule has 4 bridgehead atoms. The van der Waals surface area contributed by atoms with Crippen LogP contribution in [0.25, 0.3) is 0 Å². The van der Waals surface area contributed by atoms with Gasteiger partial charge in [0.2, 0.25) is 0 Å². The summed E-state index contributed by atoms with van der Waals surface area (Å²) in [4.78, 5) is 15.6. The van der Waals surface area contributed by atoms with Gasteiger partial charge in [0.25, 0.3) is 5.91 Å². The Hall–Kier alpha value is -2.05. The molecule has 1 heterocycles. The van der Waals surface area contributed by atoms with Gasteiger partial charge >= 0.3 is 0 Å². The maximum absolute atomic E-state index is 13.7. The van der Waals surface area contributed by atoms with Gasteiger partial charge in [-0.15, -0.1) is 11.3 Å². The molecule has 6 rings (SSSR count). The zero-order chi connectivity index (χ0) is 22.5. The first-order valence-electron chi connectivity index (χ1n) is 11.8. The topological polar surface area (TPSA) is 78.8 Å². The van der Waals surface area contributed by atoms with Crippen LogP contribution in [0.15, 0.2) is 30.3 Å². The number of carbonyl (C=O) groups excluding carboxylic acids is 1. The van der Waals surface area contributed by atoms with Crippen molar-refractivity contribution in [3.8, 4) is 11.5 Å². The molecule has 4 aliphatic carbocycles. The third kappa shape index (κ3) is 3.52. The average Bonchev–Trinajstić information content (AvgIpc) is 3.19. The number of hydrogen-bond donors (Lipinski definition) is 3. The van der Waals surface area contributed by atoms with Crippen molar-refractivity contribution >= 4 is 17.2 Å². The van der Waals surface area contributed by atoms with Crippen LogP contribution in [0.3, 0.4) is 0 Å². The number of amides is 1. The molecule has 6 heteroatoms. The molecule has 0 aliphatic heterocycles. The molecule has 1 aromatic carbocycles. The summed E-state index contributed by atoms with van der Waals surface area (Å²) in [5, 5.41) is 25.4. The lowest BCUT2D eigenvalue weighted by Gasteiger charge is -2.61. The highest BCUT2D eigenvalue weighted by Gasteiger charge is 2.64. The van der Waals surface area contributed by atoms with E-state index in [0.717, 1.165) is 34.6 Å². The van der Waals surface area contributed by atoms with E-state index in [0.29, 0.717) is 36.5 Å². The third-order valence-electron chi connectivity index (χ3n) is 8.17. The summed E-state index contributed by atoms with van der Waals surface area (Å²) in [6.07, 6.45) is 7.22. The second-order valence-corrected chi connectivity index (χ2v) is 11.6. The Labute approximate surface area is 193 Å². The molecule has 4 saturated carbocycles. The molecule has 1 atom stereocenters. The molecule has 4 aliphatic rings. The van der Waals surface area contributed by atoms with Crippen molar-refractivity contribution < 1.29 is 19.7 Å². The van der Waals surface area contributed by atoms with Crippen molar-refractivity contribution in [1.82, 2.24) is 5.32 Å². The Morgan fingerprint density at radius 2 is 1.81 bits per heavy atom. The fourth-order valence-corrected chi connectivity index (χ4v) is 8.21. The second kappa shape index (κ2) is 8.07. The zero-order valence-electron chi connectivity index (χ0n) is 18.9. The Morgan fingerprint density at radius 1 is 1.16 bits per heavy atom. The molecule has 0 spiro atoms. The Morgan fingerprint density at radius 3 is 2.34 bits per heavy atom. The quantitative estimate of drug-likeness (QED) is 0.573. The molecule has 0 radical (unpaired) electrons. The molecular weight excluding hydrogens is 422 g/mol. The van der Waals surface area contributed by atoms with Gasteiger partial charge in [0.15, 0.2) is 17.1 Å². The number of aliphatic hydroxyl groups is 1. The largest absolute Gasteiger partial charge is 0.504 e. The lowest BCUT2D eigenvalue weighted by atomic mass is 9.45. The minimum atomic E-state index is -1.48. The van der Waals surface area contributed by atoms with Crippen LogP contribution in [0, 0.1) is 30.1 Å². The Kier molecular flexibility index (Phi) is 5.49. The van der Waals surface area contributed by atoms with Gasteiger partial charge in [0, 0.05) is 21.7 Å². The van der Waals surface area contributed by atoms with Crippen LogP contribution in [-0.2, 0) is 16.8 Å². The number of methoxy groups -OCH3 is 1. The SMILES string of the molecule is COc1ccc(CCNC(=O)C(O)(c2ccc(C)s2)C23CC4CC(CC(C4)C2)C3)cc1O. The van der Waals surface area contributed by atoms with E-state index in [1.807, 2.05) is 25.1 Å². The van der Waals surface area contributed by atoms with Crippen molar-refractivity contribution in [3.05, 3.63) is 45.6 Å². The minimum Gasteiger partial charge on any atom is -0.504 e. The molecule has 5 nitrogen and oxygen atoms in total. The summed E-state index contributed by atoms with van der Waals surface area (Å²) in [5.41, 5.74) is -0.931. The summed E-state index contributed by atoms with van der Waals surface area (Å²) >= 11 is 1.55. The number of phenols is 1. The fraction of sp³-hybridized carbons (Fsp3) is 0.577. The number of nitrogens with one attached hydrogen (secondary N) is 1. The number of aryl methyl sites for hydroxylation is 1. The minimum absolute atomic E-state index is 0.0930. The van der Waals surface area contributed by atoms with E-state index in [1.54, 1.807) is 23.5 Å². The van der Waals surface area contributed by atoms with E-state index in [1.165, 1.54) is 26.4 Å². The van der Waals surface area contributed by atoms with Crippen LogP contribution in [0.4, 0.5) is 0 Å². The first-order chi connectivity index (χ1) is 15.3. The Bertz CT molecular complexity index is 980. The number of thiophene rings is 1. The smallest absolute Gasteiger partial charge is 0.258 e. The summed E-state index contributed by atoms with van der Waals surface area (Å²) < 4.78 is 5.10. The lowest BCUT2D eigenvalue weighted by Crippen LogP contribution is -2.62. The van der Waals surface area contributed by atoms with Crippen molar-refractivity contribution in [2.24, 2.45) is 23.2 Å². The summed E-state index contributed by atoms with van der Waals surface area (Å²) in [7, 11) is 1.52. The average molecular weight is 456 g/mol. The van der Waals surface area contributed by atoms with E-state index in [9.17, 15) is 15.0 Å². The summed E-state index contributed by atoms with van der Waals surface area (Å²) in [5.74, 6) is 2.19. The lowest BCUT2D eigenvalue weighted by molar-refractivity contribution is -0.193. The standard InChI is InChI=1S/C26H33NO4S/c1-16-3-6-23(32-16)26(30,25-13-18-9-19(14-25)11-20(10-18)15-25)24(29)27-8-7-17-4-5-22(31-2)21(28)12-17/h3-6,12,18-20,28,30H,7-11,13-15H2,1-2H3,(H,27,29). The number of hydrogen-bond acceptors (Lipinski definition) is 5. The predicted molar refractivity (Wildman–Crippen MR) is 125 cm³/mol. The van der Waals surface area contributed by atoms with Gasteiger partial charge in [-0.1, -0.05) is 6.07 Å². The van der Waals surface area contributed by atoms with Crippen molar-refractivity contribution in [2.75, 3.05) is 13.7 Å². The number of carbonyl (C=O) groups is 1. The van der Waals surface area contributed by atoms with E-state index < -0.39 is 5.60 Å². The molecule has 3 N–H and O–H groups in total. The highest BCUT2D eigenvalue weighted by molar-refractivity contribution is 7.12. The molecule has 0 saturated heterocycles. The maximum Gasteiger partial charge on any atom is 0.258 e. The van der Waals surface area contributed by atoms with Crippen LogP contribution >= 0.6 is 11.3 Å². The molecule has 1 aromatic heterocycles. The van der Waals surface area contributed by atoms with E-state index in [4.69, 9.17) is 4.74 Å². The highest BCUT2D eigenvalue weighted by atomic mass is 32.1. The number of benzene rings is 1. The van der Waals surface area contributed by atoms with Gasteiger partial charge in [0.1, 0.15) is 0 Å². The van der Waals surface area contributed by atoms with Crippen LogP contribution in [0.1, 0.15) is 53.8 Å². The number of rotatable bonds is 7. The molecular formula is C26H33NO4S. The van der Waals surface area contributed by atoms with Crippen LogP contribution < -0.4 is 10.1 Å². The molecule has 2 aromatic rings. The van der Waals surface area contributed by atoms with Gasteiger partial charge in [0.05, 0.1) is 7.11 Å². The van der Waals surface area contributed by atoms with Crippen LogP contribution in [0.2, 0.25) is 0 Å². The second-order valence-electron chi connectivity index (χ2n) is 10.3. The maximum atomic E-state index is 13.7. The van der Waals surface area contributed by atoms with E-state index in [2.05, 4.69) is 5.32 Å². The number of aromatic hydroxyl groups is 1. The summed E-state index contributed by atoms with van der Waals surface area (Å²) in [6, 6.07) is 9.25. The van der Waals surface area contributed by atoms with Crippen molar-refractivity contribution in [1.29, 1.82) is 0 Å². The molecule has 4 fully saturated rings. The molecule has 1 amide bonds. The van der Waals surface area contributed by atoms with Crippen LogP contribution in [0.5, 0.6) is 11.5 Å². The Balaban J connectivity index is 1.38. The summed E-state index contributed by atoms with van der Waals surface area (Å²) in [6.45, 7) is 2.44. The van der Waals surface area contributed by atoms with E-state index in [-0.39, 0.29) is 17.1 Å². The van der Waals surface area contributed by atoms with Gasteiger partial charge in [-0.25, -0.2) is 0 Å². The fourth-order valence-electron chi connectivity index (χ4n) is 7.14. The normalized spacial score (nSPS) is 30.2. The third-order valence-corrected chi connectivity index (χ3v) is 9.28. The monoisotopic (exact) mass is 455 g/mol. The van der Waals surface area contributed by atoms with Crippen LogP contribution in [-0.4, -0.2) is 29.8 Å². The van der Waals surface area contributed by atoms with Gasteiger partial charge in [-0.2, -0.15) is 0 Å². The molecule has 172 valence electrons. The first-order valence-corrected chi connectivity index (χ1v) is 12.6. The van der Waals surface area contributed by atoms with Crippen molar-refractivity contribution in [3.63, 3.8) is 0 Å². The van der Waals surface area contributed by atoms with Crippen molar-refractivity contribution in [2.45, 2.75) is 57.5 Å².